The fourth-order valence-corrected chi connectivity index (χ4v) is 4.93. The third-order valence-electron chi connectivity index (χ3n) is 7.86. The molecule has 2 heterocycles. The summed E-state index contributed by atoms with van der Waals surface area (Å²) in [6.45, 7) is 11.3. The quantitative estimate of drug-likeness (QED) is 0.206. The maximum Gasteiger partial charge on any atom is 0.457 e. The van der Waals surface area contributed by atoms with Crippen molar-refractivity contribution in [1.82, 2.24) is 4.90 Å². The molecular weight excluding hydrogens is 457 g/mol. The molecule has 0 aromatic heterocycles. The highest BCUT2D eigenvalue weighted by Crippen LogP contribution is 2.39. The lowest BCUT2D eigenvalue weighted by Gasteiger charge is -2.44. The lowest BCUT2D eigenvalue weighted by atomic mass is 9.78. The Bertz CT molecular complexity index is 845. The number of rotatable bonds is 11. The van der Waals surface area contributed by atoms with Crippen LogP contribution in [-0.4, -0.2) is 54.0 Å². The van der Waals surface area contributed by atoms with E-state index in [1.54, 1.807) is 4.90 Å². The molecule has 1 aromatic carbocycles. The van der Waals surface area contributed by atoms with Crippen LogP contribution in [0.5, 0.6) is 0 Å². The minimum Gasteiger partial charge on any atom is -0.459 e. The highest BCUT2D eigenvalue weighted by Gasteiger charge is 2.51. The first-order chi connectivity index (χ1) is 17.1. The summed E-state index contributed by atoms with van der Waals surface area (Å²) < 4.78 is 23.7. The number of nitrogens with zero attached hydrogens (tertiary/aromatic N) is 1. The monoisotopic (exact) mass is 501 g/mol. The first-order valence-corrected chi connectivity index (χ1v) is 13.6. The summed E-state index contributed by atoms with van der Waals surface area (Å²) in [6, 6.07) is 9.64. The zero-order valence-corrected chi connectivity index (χ0v) is 22.8. The lowest BCUT2D eigenvalue weighted by Crippen LogP contribution is -2.60. The number of hydrogen-bond donors (Lipinski definition) is 0. The van der Waals surface area contributed by atoms with Gasteiger partial charge in [-0.3, -0.25) is 4.90 Å². The molecule has 0 aliphatic carbocycles. The van der Waals surface area contributed by atoms with Crippen molar-refractivity contribution in [1.29, 1.82) is 0 Å². The number of ether oxygens (including phenoxy) is 2. The van der Waals surface area contributed by atoms with Crippen LogP contribution in [0.25, 0.3) is 0 Å². The zero-order valence-electron chi connectivity index (χ0n) is 22.8. The number of esters is 1. The average Bonchev–Trinajstić information content (AvgIpc) is 3.06. The van der Waals surface area contributed by atoms with Gasteiger partial charge in [0.25, 0.3) is 0 Å². The molecule has 1 aromatic rings. The molecule has 2 aliphatic heterocycles. The first-order valence-electron chi connectivity index (χ1n) is 13.6. The standard InChI is InChI=1S/C28H44BNO6/c1-6-7-21-33-25(32)30-20-14-12-18-28(30,24(31)34-22-23-15-9-8-10-16-23)17-11-13-19-29-35-26(2,3)27(4,5)36-29/h8-10,15-16H,6-7,11-14,17-22H2,1-5H3/t28-/m0/s1. The first kappa shape index (κ1) is 28.5. The maximum atomic E-state index is 13.6. The molecule has 0 saturated carbocycles. The third kappa shape index (κ3) is 6.83. The van der Waals surface area contributed by atoms with Gasteiger partial charge in [-0.1, -0.05) is 56.5 Å². The smallest absolute Gasteiger partial charge is 0.457 e. The van der Waals surface area contributed by atoms with E-state index in [1.165, 1.54) is 0 Å². The Balaban J connectivity index is 1.68. The molecular formula is C28H44BNO6. The zero-order chi connectivity index (χ0) is 26.2. The van der Waals surface area contributed by atoms with Gasteiger partial charge in [0, 0.05) is 6.54 Å². The SMILES string of the molecule is CCCCOC(=O)N1CCCC[C@@]1(CCCCB1OC(C)(C)C(C)(C)O1)C(=O)OCc1ccccc1. The van der Waals surface area contributed by atoms with Crippen LogP contribution in [0.4, 0.5) is 4.79 Å². The number of carbonyl (C=O) groups excluding carboxylic acids is 2. The van der Waals surface area contributed by atoms with Crippen LogP contribution in [0.2, 0.25) is 6.32 Å². The third-order valence-corrected chi connectivity index (χ3v) is 7.86. The molecule has 1 atom stereocenters. The van der Waals surface area contributed by atoms with E-state index in [0.717, 1.165) is 50.4 Å². The molecule has 3 rings (SSSR count). The van der Waals surface area contributed by atoms with Gasteiger partial charge in [0.15, 0.2) is 0 Å². The second-order valence-electron chi connectivity index (χ2n) is 11.1. The van der Waals surface area contributed by atoms with Crippen molar-refractivity contribution in [2.75, 3.05) is 13.2 Å². The van der Waals surface area contributed by atoms with Crippen molar-refractivity contribution < 1.29 is 28.4 Å². The van der Waals surface area contributed by atoms with Crippen LogP contribution in [0, 0.1) is 0 Å². The minimum absolute atomic E-state index is 0.189. The van der Waals surface area contributed by atoms with Gasteiger partial charge in [-0.15, -0.1) is 0 Å². The van der Waals surface area contributed by atoms with Crippen LogP contribution >= 0.6 is 0 Å². The molecule has 1 amide bonds. The molecule has 2 saturated heterocycles. The van der Waals surface area contributed by atoms with Gasteiger partial charge in [0.1, 0.15) is 12.1 Å². The van der Waals surface area contributed by atoms with E-state index in [9.17, 15) is 9.59 Å². The Labute approximate surface area is 217 Å². The van der Waals surface area contributed by atoms with Crippen molar-refractivity contribution in [3.8, 4) is 0 Å². The van der Waals surface area contributed by atoms with E-state index in [1.807, 2.05) is 30.3 Å². The molecule has 36 heavy (non-hydrogen) atoms. The van der Waals surface area contributed by atoms with E-state index in [2.05, 4.69) is 34.6 Å². The fourth-order valence-electron chi connectivity index (χ4n) is 4.93. The van der Waals surface area contributed by atoms with Crippen LogP contribution in [0.3, 0.4) is 0 Å². The summed E-state index contributed by atoms with van der Waals surface area (Å²) in [5.74, 6) is -0.339. The number of likely N-dealkylation sites (tertiary alicyclic amines) is 1. The van der Waals surface area contributed by atoms with Gasteiger partial charge in [-0.2, -0.15) is 0 Å². The van der Waals surface area contributed by atoms with Gasteiger partial charge in [-0.05, 0) is 71.7 Å². The van der Waals surface area contributed by atoms with Gasteiger partial charge in [0.2, 0.25) is 0 Å². The van der Waals surface area contributed by atoms with Gasteiger partial charge in [-0.25, -0.2) is 9.59 Å². The number of unbranched alkanes of at least 4 members (excludes halogenated alkanes) is 2. The van der Waals surface area contributed by atoms with Gasteiger partial charge in [0.05, 0.1) is 17.8 Å². The molecule has 7 nitrogen and oxygen atoms in total. The molecule has 0 spiro atoms. The molecule has 0 unspecified atom stereocenters. The summed E-state index contributed by atoms with van der Waals surface area (Å²) in [7, 11) is -0.266. The summed E-state index contributed by atoms with van der Waals surface area (Å²) in [4.78, 5) is 28.4. The molecule has 2 aliphatic rings. The van der Waals surface area contributed by atoms with Crippen molar-refractivity contribution in [2.45, 2.75) is 116 Å². The Morgan fingerprint density at radius 2 is 1.67 bits per heavy atom. The number of amides is 1. The van der Waals surface area contributed by atoms with E-state index in [0.29, 0.717) is 26.0 Å². The van der Waals surface area contributed by atoms with E-state index >= 15 is 0 Å². The lowest BCUT2D eigenvalue weighted by molar-refractivity contribution is -0.162. The number of carbonyl (C=O) groups is 2. The summed E-state index contributed by atoms with van der Waals surface area (Å²) in [5.41, 5.74) is -0.799. The van der Waals surface area contributed by atoms with Gasteiger partial charge >= 0.3 is 19.2 Å². The fraction of sp³-hybridized carbons (Fsp3) is 0.714. The summed E-state index contributed by atoms with van der Waals surface area (Å²) >= 11 is 0. The predicted molar refractivity (Wildman–Crippen MR) is 141 cm³/mol. The summed E-state index contributed by atoms with van der Waals surface area (Å²) in [6.07, 6.45) is 6.49. The molecule has 8 heteroatoms. The molecule has 200 valence electrons. The van der Waals surface area contributed by atoms with Crippen molar-refractivity contribution in [3.05, 3.63) is 35.9 Å². The minimum atomic E-state index is -1.01. The Hall–Kier alpha value is -2.06. The maximum absolute atomic E-state index is 13.6. The number of benzene rings is 1. The molecule has 2 fully saturated rings. The number of hydrogen-bond acceptors (Lipinski definition) is 6. The predicted octanol–water partition coefficient (Wildman–Crippen LogP) is 6.15. The van der Waals surface area contributed by atoms with Crippen molar-refractivity contribution in [2.24, 2.45) is 0 Å². The normalized spacial score (nSPS) is 22.9. The Morgan fingerprint density at radius 3 is 2.33 bits per heavy atom. The largest absolute Gasteiger partial charge is 0.459 e. The van der Waals surface area contributed by atoms with E-state index < -0.39 is 11.6 Å². The molecule has 0 N–H and O–H groups in total. The van der Waals surface area contributed by atoms with Crippen LogP contribution < -0.4 is 0 Å². The topological polar surface area (TPSA) is 74.3 Å². The van der Waals surface area contributed by atoms with Crippen molar-refractivity contribution in [3.63, 3.8) is 0 Å². The number of piperidine rings is 1. The Kier molecular flexibility index (Phi) is 9.87. The van der Waals surface area contributed by atoms with Crippen molar-refractivity contribution >= 4 is 19.2 Å². The highest BCUT2D eigenvalue weighted by molar-refractivity contribution is 6.45. The second-order valence-corrected chi connectivity index (χ2v) is 11.1. The van der Waals surface area contributed by atoms with Crippen LogP contribution in [0.1, 0.15) is 91.5 Å². The summed E-state index contributed by atoms with van der Waals surface area (Å²) in [5, 5.41) is 0. The van der Waals surface area contributed by atoms with E-state index in [4.69, 9.17) is 18.8 Å². The average molecular weight is 501 g/mol. The van der Waals surface area contributed by atoms with Crippen LogP contribution in [0.15, 0.2) is 30.3 Å². The second kappa shape index (κ2) is 12.5. The van der Waals surface area contributed by atoms with Gasteiger partial charge < -0.3 is 18.8 Å². The highest BCUT2D eigenvalue weighted by atomic mass is 16.7. The molecule has 0 bridgehead atoms. The molecule has 0 radical (unpaired) electrons. The van der Waals surface area contributed by atoms with Crippen LogP contribution in [-0.2, 0) is 30.2 Å². The Morgan fingerprint density at radius 1 is 0.972 bits per heavy atom. The van der Waals surface area contributed by atoms with E-state index in [-0.39, 0.29) is 30.9 Å².